The molecule has 6 nitrogen and oxygen atoms in total. The van der Waals surface area contributed by atoms with E-state index < -0.39 is 0 Å². The molecule has 7 heteroatoms. The average Bonchev–Trinajstić information content (AvgIpc) is 3.36. The van der Waals surface area contributed by atoms with Gasteiger partial charge in [-0.05, 0) is 82.2 Å². The van der Waals surface area contributed by atoms with Gasteiger partial charge in [0.1, 0.15) is 11.6 Å². The Balaban J connectivity index is 1.73. The second-order valence-electron chi connectivity index (χ2n) is 11.1. The highest BCUT2D eigenvalue weighted by atomic mass is 32.1. The van der Waals surface area contributed by atoms with Crippen LogP contribution in [-0.4, -0.2) is 52.8 Å². The number of thiophene rings is 1. The molecule has 2 aromatic heterocycles. The molecule has 0 saturated carbocycles. The van der Waals surface area contributed by atoms with E-state index in [1.165, 1.54) is 20.9 Å². The third-order valence-corrected chi connectivity index (χ3v) is 8.30. The summed E-state index contributed by atoms with van der Waals surface area (Å²) >= 11 is 1.77. The molecule has 1 fully saturated rings. The van der Waals surface area contributed by atoms with Crippen LogP contribution in [0.3, 0.4) is 0 Å². The molecule has 0 atom stereocenters. The van der Waals surface area contributed by atoms with Crippen LogP contribution in [-0.2, 0) is 24.0 Å². The Morgan fingerprint density at radius 2 is 2.00 bits per heavy atom. The summed E-state index contributed by atoms with van der Waals surface area (Å²) in [5.74, 6) is 2.32. The van der Waals surface area contributed by atoms with Crippen LogP contribution < -0.4 is 4.74 Å². The highest BCUT2D eigenvalue weighted by Crippen LogP contribution is 2.40. The number of hydrogen-bond donors (Lipinski definition) is 0. The number of aromatic nitrogens is 2. The summed E-state index contributed by atoms with van der Waals surface area (Å²) in [6.07, 6.45) is 2.55. The molecule has 0 unspecified atom stereocenters. The number of imidazole rings is 1. The first kappa shape index (κ1) is 25.0. The number of carbonyl (C=O) groups excluding carboxylic acids is 1. The van der Waals surface area contributed by atoms with Crippen molar-refractivity contribution in [2.45, 2.75) is 66.3 Å². The number of benzene rings is 1. The van der Waals surface area contributed by atoms with E-state index in [2.05, 4.69) is 64.3 Å². The number of methoxy groups -OCH3 is 1. The maximum absolute atomic E-state index is 14.0. The van der Waals surface area contributed by atoms with Crippen molar-refractivity contribution in [2.24, 2.45) is 5.92 Å². The van der Waals surface area contributed by atoms with Crippen LogP contribution in [0.5, 0.6) is 5.75 Å². The number of amides is 1. The molecule has 3 aromatic rings. The lowest BCUT2D eigenvalue weighted by molar-refractivity contribution is -0.0373. The molecule has 4 heterocycles. The SMILES string of the molecule is COc1cc2c(cc1CC(C)C)-n1c(-c3cc(C)sc3C)nc(C(=O)N3CCOCC3(C)C)c1CC2. The first-order chi connectivity index (χ1) is 17.1. The molecule has 1 saturated heterocycles. The van der Waals surface area contributed by atoms with Crippen LogP contribution in [0.15, 0.2) is 18.2 Å². The second kappa shape index (κ2) is 9.34. The van der Waals surface area contributed by atoms with Crippen LogP contribution in [0, 0.1) is 19.8 Å². The molecule has 0 radical (unpaired) electrons. The molecule has 5 rings (SSSR count). The molecule has 0 N–H and O–H groups in total. The Hall–Kier alpha value is -2.64. The van der Waals surface area contributed by atoms with E-state index in [0.717, 1.165) is 47.8 Å². The Kier molecular flexibility index (Phi) is 6.50. The first-order valence-electron chi connectivity index (χ1n) is 12.9. The van der Waals surface area contributed by atoms with Gasteiger partial charge >= 0.3 is 0 Å². The Labute approximate surface area is 218 Å². The van der Waals surface area contributed by atoms with Gasteiger partial charge in [0.2, 0.25) is 0 Å². The topological polar surface area (TPSA) is 56.6 Å². The predicted molar refractivity (Wildman–Crippen MR) is 145 cm³/mol. The quantitative estimate of drug-likeness (QED) is 0.440. The van der Waals surface area contributed by atoms with Crippen LogP contribution in [0.25, 0.3) is 17.1 Å². The number of aryl methyl sites for hydroxylation is 3. The van der Waals surface area contributed by atoms with Crippen LogP contribution in [0.4, 0.5) is 0 Å². The van der Waals surface area contributed by atoms with Gasteiger partial charge in [-0.3, -0.25) is 9.36 Å². The van der Waals surface area contributed by atoms with Gasteiger partial charge in [0, 0.05) is 21.9 Å². The fraction of sp³-hybridized carbons (Fsp3) is 0.517. The predicted octanol–water partition coefficient (Wildman–Crippen LogP) is 5.77. The Morgan fingerprint density at radius 3 is 2.64 bits per heavy atom. The minimum Gasteiger partial charge on any atom is -0.496 e. The van der Waals surface area contributed by atoms with E-state index in [0.29, 0.717) is 31.4 Å². The van der Waals surface area contributed by atoms with Crippen LogP contribution >= 0.6 is 11.3 Å². The molecular formula is C29H37N3O3S. The molecule has 192 valence electrons. The minimum absolute atomic E-state index is 0.00210. The highest BCUT2D eigenvalue weighted by Gasteiger charge is 2.38. The van der Waals surface area contributed by atoms with Crippen LogP contribution in [0.1, 0.15) is 64.8 Å². The summed E-state index contributed by atoms with van der Waals surface area (Å²) in [6.45, 7) is 14.5. The summed E-state index contributed by atoms with van der Waals surface area (Å²) < 4.78 is 13.7. The normalized spacial score (nSPS) is 16.7. The van der Waals surface area contributed by atoms with Crippen molar-refractivity contribution in [3.05, 3.63) is 50.5 Å². The molecule has 0 spiro atoms. The summed E-state index contributed by atoms with van der Waals surface area (Å²) in [7, 11) is 1.75. The number of ether oxygens (including phenoxy) is 2. The van der Waals surface area contributed by atoms with Crippen molar-refractivity contribution in [3.8, 4) is 22.8 Å². The van der Waals surface area contributed by atoms with E-state index in [-0.39, 0.29) is 11.4 Å². The van der Waals surface area contributed by atoms with Crippen molar-refractivity contribution in [3.63, 3.8) is 0 Å². The number of morpholine rings is 1. The number of carbonyl (C=O) groups is 1. The molecule has 1 amide bonds. The van der Waals surface area contributed by atoms with Gasteiger partial charge < -0.3 is 14.4 Å². The van der Waals surface area contributed by atoms with Gasteiger partial charge in [-0.25, -0.2) is 4.98 Å². The highest BCUT2D eigenvalue weighted by molar-refractivity contribution is 7.12. The fourth-order valence-electron chi connectivity index (χ4n) is 5.62. The fourth-order valence-corrected chi connectivity index (χ4v) is 6.54. The maximum atomic E-state index is 14.0. The standard InChI is InChI=1S/C29H37N3O3S/c1-17(2)12-21-14-24-20(15-25(21)34-7)8-9-23-26(28(33)31-10-11-35-16-29(31,5)6)30-27(32(23)24)22-13-18(3)36-19(22)4/h13-15,17H,8-12,16H2,1-7H3. The van der Waals surface area contributed by atoms with Crippen molar-refractivity contribution in [2.75, 3.05) is 26.9 Å². The van der Waals surface area contributed by atoms with Gasteiger partial charge in [-0.1, -0.05) is 13.8 Å². The molecule has 0 aliphatic carbocycles. The third-order valence-electron chi connectivity index (χ3n) is 7.33. The summed E-state index contributed by atoms with van der Waals surface area (Å²) in [5, 5.41) is 0. The molecule has 2 aliphatic rings. The van der Waals surface area contributed by atoms with Crippen molar-refractivity contribution < 1.29 is 14.3 Å². The molecule has 1 aromatic carbocycles. The zero-order chi connectivity index (χ0) is 25.8. The third kappa shape index (κ3) is 4.26. The number of rotatable bonds is 5. The smallest absolute Gasteiger partial charge is 0.274 e. The van der Waals surface area contributed by atoms with E-state index in [1.807, 2.05) is 4.90 Å². The van der Waals surface area contributed by atoms with E-state index >= 15 is 0 Å². The number of fused-ring (bicyclic) bond motifs is 3. The summed E-state index contributed by atoms with van der Waals surface area (Å²) in [4.78, 5) is 23.5. The minimum atomic E-state index is -0.370. The van der Waals surface area contributed by atoms with Crippen molar-refractivity contribution in [1.82, 2.24) is 14.5 Å². The van der Waals surface area contributed by atoms with E-state index in [9.17, 15) is 4.79 Å². The lowest BCUT2D eigenvalue weighted by Gasteiger charge is -2.41. The van der Waals surface area contributed by atoms with Crippen LogP contribution in [0.2, 0.25) is 0 Å². The Morgan fingerprint density at radius 1 is 1.22 bits per heavy atom. The maximum Gasteiger partial charge on any atom is 0.274 e. The lowest BCUT2D eigenvalue weighted by atomic mass is 9.94. The lowest BCUT2D eigenvalue weighted by Crippen LogP contribution is -2.55. The molecule has 36 heavy (non-hydrogen) atoms. The van der Waals surface area contributed by atoms with E-state index in [4.69, 9.17) is 14.5 Å². The second-order valence-corrected chi connectivity index (χ2v) is 12.6. The zero-order valence-electron chi connectivity index (χ0n) is 22.5. The number of nitrogens with zero attached hydrogens (tertiary/aromatic N) is 3. The van der Waals surface area contributed by atoms with Gasteiger partial charge in [0.05, 0.1) is 37.2 Å². The summed E-state index contributed by atoms with van der Waals surface area (Å²) in [6, 6.07) is 6.66. The average molecular weight is 508 g/mol. The largest absolute Gasteiger partial charge is 0.496 e. The number of hydrogen-bond acceptors (Lipinski definition) is 5. The van der Waals surface area contributed by atoms with Crippen molar-refractivity contribution in [1.29, 1.82) is 0 Å². The molecule has 2 aliphatic heterocycles. The van der Waals surface area contributed by atoms with Crippen molar-refractivity contribution >= 4 is 17.2 Å². The van der Waals surface area contributed by atoms with Gasteiger partial charge in [-0.15, -0.1) is 11.3 Å². The Bertz CT molecular complexity index is 1320. The van der Waals surface area contributed by atoms with Gasteiger partial charge in [-0.2, -0.15) is 0 Å². The summed E-state index contributed by atoms with van der Waals surface area (Å²) in [5.41, 5.74) is 5.88. The first-order valence-corrected chi connectivity index (χ1v) is 13.7. The van der Waals surface area contributed by atoms with Gasteiger partial charge in [0.25, 0.3) is 5.91 Å². The van der Waals surface area contributed by atoms with Gasteiger partial charge in [0.15, 0.2) is 5.69 Å². The molecule has 0 bridgehead atoms. The van der Waals surface area contributed by atoms with E-state index in [1.54, 1.807) is 18.4 Å². The molecular weight excluding hydrogens is 470 g/mol. The monoisotopic (exact) mass is 507 g/mol. The zero-order valence-corrected chi connectivity index (χ0v) is 23.3.